The molecule has 0 fully saturated rings. The molecule has 4 heteroatoms. The maximum absolute atomic E-state index is 12.9. The van der Waals surface area contributed by atoms with E-state index in [-0.39, 0.29) is 5.78 Å². The molecule has 106 valence electrons. The number of para-hydroxylation sites is 1. The van der Waals surface area contributed by atoms with Crippen LogP contribution in [0.25, 0.3) is 11.0 Å². The quantitative estimate of drug-likeness (QED) is 0.559. The number of furan rings is 1. The Morgan fingerprint density at radius 3 is 2.76 bits per heavy atom. The van der Waals surface area contributed by atoms with E-state index in [1.54, 1.807) is 18.2 Å². The molecule has 2 aromatic carbocycles. The zero-order valence-electron chi connectivity index (χ0n) is 11.5. The SMILES string of the molecule is CCc1oc2ccccc2c1C(=O)c1cc(N)ccc1Br. The first-order chi connectivity index (χ1) is 10.1. The van der Waals surface area contributed by atoms with Gasteiger partial charge in [-0.3, -0.25) is 4.79 Å². The van der Waals surface area contributed by atoms with Crippen LogP contribution in [0.15, 0.2) is 51.4 Å². The summed E-state index contributed by atoms with van der Waals surface area (Å²) in [6.45, 7) is 1.98. The van der Waals surface area contributed by atoms with Crippen LogP contribution in [0, 0.1) is 0 Å². The molecule has 1 heterocycles. The molecular weight excluding hydrogens is 330 g/mol. The molecule has 0 atom stereocenters. The number of fused-ring (bicyclic) bond motifs is 1. The zero-order valence-corrected chi connectivity index (χ0v) is 13.1. The molecule has 0 unspecified atom stereocenters. The maximum atomic E-state index is 12.9. The maximum Gasteiger partial charge on any atom is 0.198 e. The number of anilines is 1. The van der Waals surface area contributed by atoms with Gasteiger partial charge in [0.15, 0.2) is 5.78 Å². The van der Waals surface area contributed by atoms with Crippen LogP contribution in [0.2, 0.25) is 0 Å². The summed E-state index contributed by atoms with van der Waals surface area (Å²) in [4.78, 5) is 12.9. The zero-order chi connectivity index (χ0) is 15.0. The fraction of sp³-hybridized carbons (Fsp3) is 0.118. The molecule has 2 N–H and O–H groups in total. The van der Waals surface area contributed by atoms with Crippen molar-refractivity contribution in [2.45, 2.75) is 13.3 Å². The predicted octanol–water partition coefficient (Wildman–Crippen LogP) is 4.57. The average Bonchev–Trinajstić information content (AvgIpc) is 2.87. The number of aryl methyl sites for hydroxylation is 1. The molecule has 0 amide bonds. The molecule has 0 aliphatic carbocycles. The van der Waals surface area contributed by atoms with E-state index in [2.05, 4.69) is 15.9 Å². The van der Waals surface area contributed by atoms with Gasteiger partial charge >= 0.3 is 0 Å². The summed E-state index contributed by atoms with van der Waals surface area (Å²) in [5, 5.41) is 0.841. The standard InChI is InChI=1S/C17H14BrNO2/c1-2-14-16(11-5-3-4-6-15(11)21-14)17(20)12-9-10(19)7-8-13(12)18/h3-9H,2,19H2,1H3. The van der Waals surface area contributed by atoms with Crippen LogP contribution in [0.4, 0.5) is 5.69 Å². The second kappa shape index (κ2) is 5.37. The fourth-order valence-corrected chi connectivity index (χ4v) is 2.87. The topological polar surface area (TPSA) is 56.2 Å². The van der Waals surface area contributed by atoms with Crippen molar-refractivity contribution in [2.24, 2.45) is 0 Å². The molecule has 0 radical (unpaired) electrons. The van der Waals surface area contributed by atoms with Gasteiger partial charge in [-0.2, -0.15) is 0 Å². The monoisotopic (exact) mass is 343 g/mol. The number of halogens is 1. The summed E-state index contributed by atoms with van der Waals surface area (Å²) >= 11 is 3.42. The van der Waals surface area contributed by atoms with Crippen molar-refractivity contribution in [1.82, 2.24) is 0 Å². The first kappa shape index (κ1) is 13.9. The predicted molar refractivity (Wildman–Crippen MR) is 87.6 cm³/mol. The van der Waals surface area contributed by atoms with E-state index in [4.69, 9.17) is 10.2 Å². The molecule has 1 aromatic heterocycles. The molecule has 0 aliphatic heterocycles. The van der Waals surface area contributed by atoms with Crippen molar-refractivity contribution >= 4 is 38.4 Å². The Balaban J connectivity index is 2.24. The molecule has 0 bridgehead atoms. The van der Waals surface area contributed by atoms with Gasteiger partial charge in [0.25, 0.3) is 0 Å². The Morgan fingerprint density at radius 2 is 2.00 bits per heavy atom. The summed E-state index contributed by atoms with van der Waals surface area (Å²) < 4.78 is 6.52. The second-order valence-corrected chi connectivity index (χ2v) is 5.67. The van der Waals surface area contributed by atoms with Crippen LogP contribution < -0.4 is 5.73 Å². The van der Waals surface area contributed by atoms with E-state index in [9.17, 15) is 4.79 Å². The smallest absolute Gasteiger partial charge is 0.198 e. The third-order valence-corrected chi connectivity index (χ3v) is 4.14. The van der Waals surface area contributed by atoms with E-state index in [0.29, 0.717) is 29.0 Å². The van der Waals surface area contributed by atoms with Crippen LogP contribution in [0.3, 0.4) is 0 Å². The van der Waals surface area contributed by atoms with Crippen molar-refractivity contribution < 1.29 is 9.21 Å². The summed E-state index contributed by atoms with van der Waals surface area (Å²) in [6, 6.07) is 12.8. The van der Waals surface area contributed by atoms with Crippen molar-refractivity contribution in [3.05, 3.63) is 63.8 Å². The third kappa shape index (κ3) is 2.36. The lowest BCUT2D eigenvalue weighted by atomic mass is 9.99. The third-order valence-electron chi connectivity index (χ3n) is 3.45. The van der Waals surface area contributed by atoms with Gasteiger partial charge in [-0.25, -0.2) is 0 Å². The highest BCUT2D eigenvalue weighted by Crippen LogP contribution is 2.31. The number of hydrogen-bond acceptors (Lipinski definition) is 3. The molecule has 3 rings (SSSR count). The van der Waals surface area contributed by atoms with Crippen molar-refractivity contribution in [2.75, 3.05) is 5.73 Å². The lowest BCUT2D eigenvalue weighted by Gasteiger charge is -2.05. The largest absolute Gasteiger partial charge is 0.460 e. The molecule has 3 nitrogen and oxygen atoms in total. The minimum atomic E-state index is -0.0732. The lowest BCUT2D eigenvalue weighted by Crippen LogP contribution is -2.05. The van der Waals surface area contributed by atoms with E-state index in [1.807, 2.05) is 31.2 Å². The van der Waals surface area contributed by atoms with Gasteiger partial charge in [0, 0.05) is 27.5 Å². The van der Waals surface area contributed by atoms with Gasteiger partial charge in [0.1, 0.15) is 11.3 Å². The van der Waals surface area contributed by atoms with E-state index in [0.717, 1.165) is 15.4 Å². The number of nitrogen functional groups attached to an aromatic ring is 1. The Kier molecular flexibility index (Phi) is 3.55. The van der Waals surface area contributed by atoms with Crippen molar-refractivity contribution in [3.8, 4) is 0 Å². The summed E-state index contributed by atoms with van der Waals surface area (Å²) in [5.41, 5.74) is 8.28. The molecule has 0 saturated carbocycles. The lowest BCUT2D eigenvalue weighted by molar-refractivity contribution is 0.103. The van der Waals surface area contributed by atoms with Crippen LogP contribution in [-0.4, -0.2) is 5.78 Å². The van der Waals surface area contributed by atoms with E-state index in [1.165, 1.54) is 0 Å². The number of benzene rings is 2. The number of carbonyl (C=O) groups excluding carboxylic acids is 1. The molecule has 0 spiro atoms. The average molecular weight is 344 g/mol. The van der Waals surface area contributed by atoms with Crippen LogP contribution >= 0.6 is 15.9 Å². The van der Waals surface area contributed by atoms with Gasteiger partial charge in [0.2, 0.25) is 0 Å². The highest BCUT2D eigenvalue weighted by molar-refractivity contribution is 9.10. The van der Waals surface area contributed by atoms with Gasteiger partial charge in [-0.15, -0.1) is 0 Å². The first-order valence-corrected chi connectivity index (χ1v) is 7.51. The van der Waals surface area contributed by atoms with Crippen molar-refractivity contribution in [3.63, 3.8) is 0 Å². The Morgan fingerprint density at radius 1 is 1.24 bits per heavy atom. The molecular formula is C17H14BrNO2. The van der Waals surface area contributed by atoms with E-state index < -0.39 is 0 Å². The Labute approximate surface area is 130 Å². The molecule has 3 aromatic rings. The van der Waals surface area contributed by atoms with Crippen LogP contribution in [0.5, 0.6) is 0 Å². The molecule has 0 aliphatic rings. The molecule has 0 saturated heterocycles. The summed E-state index contributed by atoms with van der Waals surface area (Å²) in [7, 11) is 0. The minimum absolute atomic E-state index is 0.0732. The number of rotatable bonds is 3. The van der Waals surface area contributed by atoms with Crippen LogP contribution in [-0.2, 0) is 6.42 Å². The van der Waals surface area contributed by atoms with E-state index >= 15 is 0 Å². The summed E-state index contributed by atoms with van der Waals surface area (Å²) in [6.07, 6.45) is 0.662. The fourth-order valence-electron chi connectivity index (χ4n) is 2.45. The number of hydrogen-bond donors (Lipinski definition) is 1. The van der Waals surface area contributed by atoms with Gasteiger partial charge < -0.3 is 10.2 Å². The van der Waals surface area contributed by atoms with Gasteiger partial charge in [-0.1, -0.05) is 41.1 Å². The Hall–Kier alpha value is -2.07. The normalized spacial score (nSPS) is 11.0. The Bertz CT molecular complexity index is 836. The van der Waals surface area contributed by atoms with Crippen LogP contribution in [0.1, 0.15) is 28.6 Å². The van der Waals surface area contributed by atoms with Gasteiger partial charge in [0.05, 0.1) is 5.56 Å². The minimum Gasteiger partial charge on any atom is -0.460 e. The highest BCUT2D eigenvalue weighted by atomic mass is 79.9. The second-order valence-electron chi connectivity index (χ2n) is 4.82. The molecule has 21 heavy (non-hydrogen) atoms. The highest BCUT2D eigenvalue weighted by Gasteiger charge is 2.22. The van der Waals surface area contributed by atoms with Gasteiger partial charge in [-0.05, 0) is 24.3 Å². The number of carbonyl (C=O) groups is 1. The summed E-state index contributed by atoms with van der Waals surface area (Å²) in [5.74, 6) is 0.631. The number of ketones is 1. The first-order valence-electron chi connectivity index (χ1n) is 6.72. The van der Waals surface area contributed by atoms with Crippen molar-refractivity contribution in [1.29, 1.82) is 0 Å². The number of nitrogens with two attached hydrogens (primary N) is 1.